The minimum atomic E-state index is -0.634. The van der Waals surface area contributed by atoms with E-state index in [9.17, 15) is 9.59 Å². The Hall–Kier alpha value is -4.44. The molecule has 0 spiro atoms. The fraction of sp³-hybridized carbons (Fsp3) is 0.429. The van der Waals surface area contributed by atoms with Crippen molar-refractivity contribution in [1.82, 2.24) is 24.8 Å². The zero-order valence-electron chi connectivity index (χ0n) is 25.7. The van der Waals surface area contributed by atoms with Crippen molar-refractivity contribution in [3.05, 3.63) is 78.4 Å². The molecule has 2 amide bonds. The third kappa shape index (κ3) is 6.51. The SMILES string of the molecule is NC(=O)c1ncc(N2CCC[C@@H](NC(=O)n3cc4ccccc4c3)C2)nc1Nc1ccc(C2CCN(C3CCCC3)CC2)cc1. The van der Waals surface area contributed by atoms with Gasteiger partial charge >= 0.3 is 6.03 Å². The normalized spacial score (nSPS) is 20.0. The van der Waals surface area contributed by atoms with E-state index in [1.807, 2.05) is 36.7 Å². The molecule has 1 aliphatic carbocycles. The summed E-state index contributed by atoms with van der Waals surface area (Å²) in [4.78, 5) is 39.3. The molecule has 2 aromatic heterocycles. The van der Waals surface area contributed by atoms with Crippen LogP contribution in [0.4, 0.5) is 22.1 Å². The largest absolute Gasteiger partial charge is 0.364 e. The number of hydrogen-bond donors (Lipinski definition) is 3. The molecule has 45 heavy (non-hydrogen) atoms. The van der Waals surface area contributed by atoms with Crippen LogP contribution in [0.2, 0.25) is 0 Å². The second kappa shape index (κ2) is 12.9. The van der Waals surface area contributed by atoms with Gasteiger partial charge in [0.1, 0.15) is 5.82 Å². The molecule has 4 N–H and O–H groups in total. The van der Waals surface area contributed by atoms with E-state index >= 15 is 0 Å². The number of carbonyl (C=O) groups is 2. The number of piperidine rings is 2. The molecule has 0 radical (unpaired) electrons. The van der Waals surface area contributed by atoms with Gasteiger partial charge in [-0.3, -0.25) is 9.36 Å². The smallest absolute Gasteiger partial charge is 0.325 e. The van der Waals surface area contributed by atoms with Crippen molar-refractivity contribution in [2.45, 2.75) is 69.4 Å². The van der Waals surface area contributed by atoms with Gasteiger partial charge in [0, 0.05) is 43.3 Å². The van der Waals surface area contributed by atoms with Crippen LogP contribution in [0.15, 0.2) is 67.1 Å². The lowest BCUT2D eigenvalue weighted by atomic mass is 9.88. The van der Waals surface area contributed by atoms with Crippen molar-refractivity contribution in [3.63, 3.8) is 0 Å². The monoisotopic (exact) mass is 606 g/mol. The van der Waals surface area contributed by atoms with Crippen LogP contribution in [-0.4, -0.2) is 69.6 Å². The van der Waals surface area contributed by atoms with E-state index in [4.69, 9.17) is 10.7 Å². The van der Waals surface area contributed by atoms with E-state index in [0.717, 1.165) is 41.9 Å². The molecule has 2 aliphatic heterocycles. The van der Waals surface area contributed by atoms with Gasteiger partial charge in [0.25, 0.3) is 5.91 Å². The van der Waals surface area contributed by atoms with Gasteiger partial charge in [0.05, 0.1) is 6.20 Å². The third-order valence-electron chi connectivity index (χ3n) is 9.87. The third-order valence-corrected chi connectivity index (χ3v) is 9.87. The number of fused-ring (bicyclic) bond motifs is 1. The van der Waals surface area contributed by atoms with E-state index in [-0.39, 0.29) is 17.8 Å². The summed E-state index contributed by atoms with van der Waals surface area (Å²) in [6, 6.07) is 17.0. The summed E-state index contributed by atoms with van der Waals surface area (Å²) in [5.41, 5.74) is 7.98. The lowest BCUT2D eigenvalue weighted by molar-refractivity contribution is 0.0996. The fourth-order valence-corrected chi connectivity index (χ4v) is 7.39. The zero-order valence-corrected chi connectivity index (χ0v) is 25.7. The van der Waals surface area contributed by atoms with E-state index in [1.165, 1.54) is 57.2 Å². The Morgan fingerprint density at radius 1 is 0.844 bits per heavy atom. The maximum atomic E-state index is 13.0. The van der Waals surface area contributed by atoms with Gasteiger partial charge in [0.2, 0.25) is 0 Å². The number of likely N-dealkylation sites (tertiary alicyclic amines) is 1. The molecule has 4 heterocycles. The summed E-state index contributed by atoms with van der Waals surface area (Å²) >= 11 is 0. The highest BCUT2D eigenvalue weighted by Gasteiger charge is 2.28. The van der Waals surface area contributed by atoms with E-state index in [2.05, 4.69) is 49.7 Å². The topological polar surface area (TPSA) is 121 Å². The van der Waals surface area contributed by atoms with Crippen molar-refractivity contribution >= 4 is 40.0 Å². The Bertz CT molecular complexity index is 1620. The van der Waals surface area contributed by atoms with Gasteiger partial charge < -0.3 is 26.2 Å². The second-order valence-electron chi connectivity index (χ2n) is 12.8. The van der Waals surface area contributed by atoms with Crippen LogP contribution < -0.4 is 21.3 Å². The number of hydrogen-bond acceptors (Lipinski definition) is 7. The van der Waals surface area contributed by atoms with Crippen LogP contribution in [0, 0.1) is 0 Å². The van der Waals surface area contributed by atoms with Crippen molar-refractivity contribution in [3.8, 4) is 0 Å². The Kier molecular flexibility index (Phi) is 8.39. The van der Waals surface area contributed by atoms with Gasteiger partial charge in [-0.05, 0) is 86.0 Å². The fourth-order valence-electron chi connectivity index (χ4n) is 7.39. The van der Waals surface area contributed by atoms with Gasteiger partial charge in [0.15, 0.2) is 11.5 Å². The summed E-state index contributed by atoms with van der Waals surface area (Å²) in [6.45, 7) is 3.73. The zero-order chi connectivity index (χ0) is 30.8. The van der Waals surface area contributed by atoms with E-state index < -0.39 is 5.91 Å². The number of benzene rings is 2. The van der Waals surface area contributed by atoms with E-state index in [0.29, 0.717) is 24.1 Å². The number of anilines is 3. The number of amides is 2. The highest BCUT2D eigenvalue weighted by atomic mass is 16.2. The Balaban J connectivity index is 1.00. The molecule has 4 aromatic rings. The molecule has 2 saturated heterocycles. The summed E-state index contributed by atoms with van der Waals surface area (Å²) in [5.74, 6) is 0.914. The number of nitrogens with zero attached hydrogens (tertiary/aromatic N) is 5. The summed E-state index contributed by atoms with van der Waals surface area (Å²) < 4.78 is 1.61. The predicted molar refractivity (Wildman–Crippen MR) is 177 cm³/mol. The molecule has 1 atom stereocenters. The number of nitrogens with one attached hydrogen (secondary N) is 2. The first kappa shape index (κ1) is 29.3. The maximum absolute atomic E-state index is 13.0. The number of nitrogens with two attached hydrogens (primary N) is 1. The van der Waals surface area contributed by atoms with Gasteiger partial charge in [-0.2, -0.15) is 0 Å². The maximum Gasteiger partial charge on any atom is 0.325 e. The first-order valence-electron chi connectivity index (χ1n) is 16.4. The van der Waals surface area contributed by atoms with Gasteiger partial charge in [-0.1, -0.05) is 49.2 Å². The number of rotatable bonds is 7. The Labute approximate surface area is 264 Å². The molecule has 0 unspecified atom stereocenters. The first-order chi connectivity index (χ1) is 22.0. The van der Waals surface area contributed by atoms with E-state index in [1.54, 1.807) is 10.8 Å². The standard InChI is InChI=1S/C35H42N8O2/c36-33(44)32-34(38-28-13-11-24(12-14-28)25-15-18-41(19-16-25)30-9-3-4-10-30)40-31(20-37-32)42-17-5-8-29(23-42)39-35(45)43-21-26-6-1-2-7-27(26)22-43/h1-2,6-7,11-14,20-22,25,29-30H,3-5,8-10,15-19,23H2,(H2,36,44)(H,38,40)(H,39,45)/t29-/m1/s1. The molecular formula is C35H42N8O2. The molecule has 234 valence electrons. The Morgan fingerprint density at radius 2 is 1.56 bits per heavy atom. The first-order valence-corrected chi connectivity index (χ1v) is 16.4. The van der Waals surface area contributed by atoms with Crippen molar-refractivity contribution in [2.24, 2.45) is 5.73 Å². The molecule has 10 nitrogen and oxygen atoms in total. The lowest BCUT2D eigenvalue weighted by Crippen LogP contribution is -2.49. The minimum absolute atomic E-state index is 0.0524. The molecule has 2 aromatic carbocycles. The van der Waals surface area contributed by atoms with Crippen LogP contribution in [-0.2, 0) is 0 Å². The van der Waals surface area contributed by atoms with Crippen LogP contribution in [0.3, 0.4) is 0 Å². The highest BCUT2D eigenvalue weighted by molar-refractivity contribution is 5.96. The molecular weight excluding hydrogens is 564 g/mol. The lowest BCUT2D eigenvalue weighted by Gasteiger charge is -2.36. The summed E-state index contributed by atoms with van der Waals surface area (Å²) in [6.07, 6.45) is 14.9. The number of carbonyl (C=O) groups excluding carboxylic acids is 2. The minimum Gasteiger partial charge on any atom is -0.364 e. The van der Waals surface area contributed by atoms with Crippen LogP contribution in [0.25, 0.3) is 10.8 Å². The van der Waals surface area contributed by atoms with Gasteiger partial charge in [-0.15, -0.1) is 0 Å². The van der Waals surface area contributed by atoms with Crippen molar-refractivity contribution < 1.29 is 9.59 Å². The van der Waals surface area contributed by atoms with Crippen LogP contribution in [0.5, 0.6) is 0 Å². The molecule has 3 aliphatic rings. The van der Waals surface area contributed by atoms with Crippen molar-refractivity contribution in [1.29, 1.82) is 0 Å². The Morgan fingerprint density at radius 3 is 2.24 bits per heavy atom. The molecule has 0 bridgehead atoms. The molecule has 1 saturated carbocycles. The molecule has 7 rings (SSSR count). The molecule has 10 heteroatoms. The number of aromatic nitrogens is 3. The average molecular weight is 607 g/mol. The second-order valence-corrected chi connectivity index (χ2v) is 12.8. The van der Waals surface area contributed by atoms with Gasteiger partial charge in [-0.25, -0.2) is 14.8 Å². The van der Waals surface area contributed by atoms with Crippen molar-refractivity contribution in [2.75, 3.05) is 36.4 Å². The average Bonchev–Trinajstić information content (AvgIpc) is 3.76. The number of primary amides is 1. The van der Waals surface area contributed by atoms with Crippen LogP contribution in [0.1, 0.15) is 73.3 Å². The van der Waals surface area contributed by atoms with Crippen LogP contribution >= 0.6 is 0 Å². The molecule has 3 fully saturated rings. The highest BCUT2D eigenvalue weighted by Crippen LogP contribution is 2.33. The predicted octanol–water partition coefficient (Wildman–Crippen LogP) is 5.62. The summed E-state index contributed by atoms with van der Waals surface area (Å²) in [5, 5.41) is 8.52. The summed E-state index contributed by atoms with van der Waals surface area (Å²) in [7, 11) is 0. The quantitative estimate of drug-likeness (QED) is 0.250.